The van der Waals surface area contributed by atoms with Crippen molar-refractivity contribution in [1.29, 1.82) is 0 Å². The molecule has 5 rings (SSSR count). The smallest absolute Gasteiger partial charge is 0.123 e. The van der Waals surface area contributed by atoms with Crippen LogP contribution in [0, 0.1) is 0 Å². The molecule has 2 aromatic carbocycles. The van der Waals surface area contributed by atoms with Crippen LogP contribution in [0.15, 0.2) is 67.4 Å². The third-order valence-corrected chi connectivity index (χ3v) is 7.03. The van der Waals surface area contributed by atoms with Crippen molar-refractivity contribution in [2.75, 3.05) is 19.6 Å². The maximum Gasteiger partial charge on any atom is 0.123 e. The molecule has 3 N–H and O–H groups in total. The minimum absolute atomic E-state index is 0.0115. The van der Waals surface area contributed by atoms with E-state index in [-0.39, 0.29) is 6.04 Å². The molecule has 0 amide bonds. The minimum atomic E-state index is -0.415. The fraction of sp³-hybridized carbons (Fsp3) is 0.407. The summed E-state index contributed by atoms with van der Waals surface area (Å²) in [4.78, 5) is 5.99. The Bertz CT molecular complexity index is 1160. The van der Waals surface area contributed by atoms with Gasteiger partial charge in [0, 0.05) is 28.8 Å². The molecule has 0 spiro atoms. The number of aromatic amines is 1. The summed E-state index contributed by atoms with van der Waals surface area (Å²) in [6.45, 7) is 5.19. The van der Waals surface area contributed by atoms with Crippen molar-refractivity contribution >= 4 is 10.9 Å². The number of rotatable bonds is 9. The predicted octanol–water partition coefficient (Wildman–Crippen LogP) is 3.86. The average molecular weight is 459 g/mol. The van der Waals surface area contributed by atoms with Crippen LogP contribution in [0.4, 0.5) is 0 Å². The Morgan fingerprint density at radius 2 is 1.85 bits per heavy atom. The number of aromatic nitrogens is 4. The van der Waals surface area contributed by atoms with Crippen molar-refractivity contribution in [3.63, 3.8) is 0 Å². The van der Waals surface area contributed by atoms with Gasteiger partial charge in [-0.1, -0.05) is 30.3 Å². The lowest BCUT2D eigenvalue weighted by molar-refractivity contribution is 0.121. The van der Waals surface area contributed by atoms with Gasteiger partial charge in [-0.05, 0) is 81.6 Å². The lowest BCUT2D eigenvalue weighted by atomic mass is 9.98. The van der Waals surface area contributed by atoms with E-state index >= 15 is 0 Å². The first-order valence-corrected chi connectivity index (χ1v) is 12.3. The normalized spacial score (nSPS) is 17.2. The third-order valence-electron chi connectivity index (χ3n) is 7.03. The first kappa shape index (κ1) is 22.8. The molecule has 7 heteroatoms. The van der Waals surface area contributed by atoms with Crippen LogP contribution in [0.5, 0.6) is 0 Å². The summed E-state index contributed by atoms with van der Waals surface area (Å²) in [5.74, 6) is 0. The first-order chi connectivity index (χ1) is 16.7. The SMILES string of the molecule is C[C@@H](O)[C@H](NC1CCN(CCCc2c[nH]c3ccc(-n4cnnc4)cc23)CC1)c1ccccc1. The van der Waals surface area contributed by atoms with E-state index in [1.807, 2.05) is 29.7 Å². The fourth-order valence-corrected chi connectivity index (χ4v) is 5.11. The summed E-state index contributed by atoms with van der Waals surface area (Å²) in [5.41, 5.74) is 4.78. The van der Waals surface area contributed by atoms with Gasteiger partial charge in [0.15, 0.2) is 0 Å². The standard InChI is InChI=1S/C27H34N6O/c1-20(34)27(21-6-3-2-4-7-21)31-23-11-14-32(15-12-23)13-5-8-22-17-28-26-10-9-24(16-25(22)26)33-18-29-30-19-33/h2-4,6-7,9-10,16-20,23,27-28,31,34H,5,8,11-15H2,1H3/t20-,27+/m1/s1. The van der Waals surface area contributed by atoms with Gasteiger partial charge in [-0.2, -0.15) is 0 Å². The molecule has 0 unspecified atom stereocenters. The number of fused-ring (bicyclic) bond motifs is 1. The molecule has 34 heavy (non-hydrogen) atoms. The van der Waals surface area contributed by atoms with E-state index < -0.39 is 6.10 Å². The van der Waals surface area contributed by atoms with E-state index in [1.54, 1.807) is 12.7 Å². The van der Waals surface area contributed by atoms with Gasteiger partial charge in [-0.3, -0.25) is 4.57 Å². The molecular formula is C27H34N6O. The number of aliphatic hydroxyl groups is 1. The maximum absolute atomic E-state index is 10.3. The van der Waals surface area contributed by atoms with Gasteiger partial charge in [-0.15, -0.1) is 10.2 Å². The zero-order chi connectivity index (χ0) is 23.3. The molecule has 178 valence electrons. The van der Waals surface area contributed by atoms with E-state index in [2.05, 4.69) is 61.9 Å². The maximum atomic E-state index is 10.3. The average Bonchev–Trinajstić information content (AvgIpc) is 3.54. The largest absolute Gasteiger partial charge is 0.391 e. The second kappa shape index (κ2) is 10.5. The monoisotopic (exact) mass is 458 g/mol. The quantitative estimate of drug-likeness (QED) is 0.355. The molecule has 2 aromatic heterocycles. The van der Waals surface area contributed by atoms with Gasteiger partial charge in [0.1, 0.15) is 12.7 Å². The summed E-state index contributed by atoms with van der Waals surface area (Å²) in [6.07, 6.45) is 9.63. The number of hydrogen-bond donors (Lipinski definition) is 3. The van der Waals surface area contributed by atoms with Crippen LogP contribution in [0.2, 0.25) is 0 Å². The lowest BCUT2D eigenvalue weighted by Crippen LogP contribution is -2.45. The van der Waals surface area contributed by atoms with Crippen LogP contribution < -0.4 is 5.32 Å². The van der Waals surface area contributed by atoms with Gasteiger partial charge in [0.25, 0.3) is 0 Å². The Kier molecular flexibility index (Phi) is 7.04. The number of nitrogens with zero attached hydrogens (tertiary/aromatic N) is 4. The van der Waals surface area contributed by atoms with Crippen LogP contribution in [-0.2, 0) is 6.42 Å². The van der Waals surface area contributed by atoms with Gasteiger partial charge in [0.2, 0.25) is 0 Å². The Labute approximate surface area is 200 Å². The summed E-state index contributed by atoms with van der Waals surface area (Å²) in [6, 6.07) is 17.2. The Hall–Kier alpha value is -3.00. The van der Waals surface area contributed by atoms with Crippen LogP contribution >= 0.6 is 0 Å². The minimum Gasteiger partial charge on any atom is -0.391 e. The Morgan fingerprint density at radius 3 is 2.59 bits per heavy atom. The molecule has 0 saturated carbocycles. The molecule has 7 nitrogen and oxygen atoms in total. The molecule has 1 aliphatic rings. The second-order valence-electron chi connectivity index (χ2n) is 9.43. The molecule has 3 heterocycles. The van der Waals surface area contributed by atoms with E-state index in [1.165, 1.54) is 16.5 Å². The summed E-state index contributed by atoms with van der Waals surface area (Å²) >= 11 is 0. The highest BCUT2D eigenvalue weighted by molar-refractivity contribution is 5.85. The van der Waals surface area contributed by atoms with Crippen molar-refractivity contribution in [2.45, 2.75) is 50.8 Å². The molecule has 1 aliphatic heterocycles. The highest BCUT2D eigenvalue weighted by Crippen LogP contribution is 2.24. The summed E-state index contributed by atoms with van der Waals surface area (Å²) in [5, 5.41) is 23.1. The van der Waals surface area contributed by atoms with Crippen molar-refractivity contribution in [3.8, 4) is 5.69 Å². The molecule has 0 radical (unpaired) electrons. The second-order valence-corrected chi connectivity index (χ2v) is 9.43. The predicted molar refractivity (Wildman–Crippen MR) is 135 cm³/mol. The van der Waals surface area contributed by atoms with E-state index in [9.17, 15) is 5.11 Å². The topological polar surface area (TPSA) is 82.0 Å². The Morgan fingerprint density at radius 1 is 1.09 bits per heavy atom. The van der Waals surface area contributed by atoms with Gasteiger partial charge >= 0.3 is 0 Å². The molecule has 0 bridgehead atoms. The van der Waals surface area contributed by atoms with Crippen LogP contribution in [0.25, 0.3) is 16.6 Å². The summed E-state index contributed by atoms with van der Waals surface area (Å²) < 4.78 is 1.94. The van der Waals surface area contributed by atoms with E-state index in [4.69, 9.17) is 0 Å². The summed E-state index contributed by atoms with van der Waals surface area (Å²) in [7, 11) is 0. The van der Waals surface area contributed by atoms with Crippen LogP contribution in [-0.4, -0.2) is 61.5 Å². The van der Waals surface area contributed by atoms with Crippen molar-refractivity contribution < 1.29 is 5.11 Å². The molecule has 4 aromatic rings. The fourth-order valence-electron chi connectivity index (χ4n) is 5.11. The first-order valence-electron chi connectivity index (χ1n) is 12.3. The van der Waals surface area contributed by atoms with Crippen molar-refractivity contribution in [1.82, 2.24) is 30.0 Å². The molecule has 1 fully saturated rings. The molecule has 2 atom stereocenters. The number of nitrogens with one attached hydrogen (secondary N) is 2. The Balaban J connectivity index is 1.12. The zero-order valence-electron chi connectivity index (χ0n) is 19.8. The zero-order valence-corrected chi connectivity index (χ0v) is 19.8. The number of benzene rings is 2. The third kappa shape index (κ3) is 5.22. The van der Waals surface area contributed by atoms with Gasteiger partial charge in [0.05, 0.1) is 12.1 Å². The van der Waals surface area contributed by atoms with Crippen LogP contribution in [0.1, 0.15) is 43.4 Å². The number of piperidine rings is 1. The molecule has 0 aliphatic carbocycles. The molecule has 1 saturated heterocycles. The van der Waals surface area contributed by atoms with Crippen molar-refractivity contribution in [2.24, 2.45) is 0 Å². The number of likely N-dealkylation sites (tertiary alicyclic amines) is 1. The van der Waals surface area contributed by atoms with Crippen molar-refractivity contribution in [3.05, 3.63) is 78.5 Å². The highest BCUT2D eigenvalue weighted by Gasteiger charge is 2.24. The number of aryl methyl sites for hydroxylation is 1. The van der Waals surface area contributed by atoms with Gasteiger partial charge < -0.3 is 20.3 Å². The highest BCUT2D eigenvalue weighted by atomic mass is 16.3. The number of H-pyrrole nitrogens is 1. The molecular weight excluding hydrogens is 424 g/mol. The van der Waals surface area contributed by atoms with E-state index in [0.29, 0.717) is 6.04 Å². The van der Waals surface area contributed by atoms with E-state index in [0.717, 1.165) is 56.6 Å². The number of aliphatic hydroxyl groups excluding tert-OH is 1. The lowest BCUT2D eigenvalue weighted by Gasteiger charge is -2.35. The van der Waals surface area contributed by atoms with Crippen LogP contribution in [0.3, 0.4) is 0 Å². The number of hydrogen-bond acceptors (Lipinski definition) is 5. The van der Waals surface area contributed by atoms with Gasteiger partial charge in [-0.25, -0.2) is 0 Å².